The van der Waals surface area contributed by atoms with Crippen LogP contribution < -0.4 is 16.2 Å². The van der Waals surface area contributed by atoms with E-state index in [2.05, 4.69) is 32.1 Å². The molecule has 6 heteroatoms. The fraction of sp³-hybridized carbons (Fsp3) is 0.286. The molecule has 0 radical (unpaired) electrons. The standard InChI is InChI=1S/C14H18BrN3OS/c1-14(2,3)16-13(20)18-17-12(19)9-6-10-4-7-11(15)8-5-10/h4-9H,1-3H3,(H,17,19)(H2,16,18,20)/b9-6+. The maximum Gasteiger partial charge on any atom is 0.262 e. The van der Waals surface area contributed by atoms with Crippen LogP contribution in [0.15, 0.2) is 34.8 Å². The van der Waals surface area contributed by atoms with Gasteiger partial charge in [0.25, 0.3) is 5.91 Å². The van der Waals surface area contributed by atoms with Gasteiger partial charge in [-0.3, -0.25) is 15.6 Å². The van der Waals surface area contributed by atoms with Crippen LogP contribution in [0.3, 0.4) is 0 Å². The van der Waals surface area contributed by atoms with Crippen LogP contribution in [0, 0.1) is 0 Å². The second-order valence-corrected chi connectivity index (χ2v) is 6.53. The Hall–Kier alpha value is -1.40. The molecule has 0 aliphatic heterocycles. The molecule has 0 saturated carbocycles. The third-order valence-corrected chi connectivity index (χ3v) is 2.82. The lowest BCUT2D eigenvalue weighted by molar-refractivity contribution is -0.117. The fourth-order valence-corrected chi connectivity index (χ4v) is 1.90. The summed E-state index contributed by atoms with van der Waals surface area (Å²) in [5.74, 6) is -0.272. The summed E-state index contributed by atoms with van der Waals surface area (Å²) in [6, 6.07) is 7.65. The quantitative estimate of drug-likeness (QED) is 0.433. The molecule has 0 unspecified atom stereocenters. The Morgan fingerprint density at radius 2 is 1.80 bits per heavy atom. The van der Waals surface area contributed by atoms with E-state index in [4.69, 9.17) is 12.2 Å². The summed E-state index contributed by atoms with van der Waals surface area (Å²) >= 11 is 8.40. The van der Waals surface area contributed by atoms with Gasteiger partial charge in [0.1, 0.15) is 0 Å². The minimum atomic E-state index is -0.272. The first kappa shape index (κ1) is 16.7. The Labute approximate surface area is 133 Å². The average Bonchev–Trinajstić information content (AvgIpc) is 2.33. The van der Waals surface area contributed by atoms with Crippen LogP contribution in [0.1, 0.15) is 26.3 Å². The van der Waals surface area contributed by atoms with Crippen molar-refractivity contribution in [1.82, 2.24) is 16.2 Å². The van der Waals surface area contributed by atoms with Crippen LogP contribution in [-0.2, 0) is 4.79 Å². The van der Waals surface area contributed by atoms with E-state index >= 15 is 0 Å². The summed E-state index contributed by atoms with van der Waals surface area (Å²) in [6.07, 6.45) is 3.17. The summed E-state index contributed by atoms with van der Waals surface area (Å²) in [5.41, 5.74) is 5.94. The fourth-order valence-electron chi connectivity index (χ4n) is 1.28. The summed E-state index contributed by atoms with van der Waals surface area (Å²) in [6.45, 7) is 5.95. The van der Waals surface area contributed by atoms with Crippen LogP contribution >= 0.6 is 28.1 Å². The molecule has 0 aromatic heterocycles. The molecule has 108 valence electrons. The molecule has 0 aliphatic carbocycles. The first-order valence-electron chi connectivity index (χ1n) is 6.08. The van der Waals surface area contributed by atoms with Gasteiger partial charge in [0.2, 0.25) is 0 Å². The molecule has 1 aromatic rings. The molecular weight excluding hydrogens is 338 g/mol. The lowest BCUT2D eigenvalue weighted by Gasteiger charge is -2.22. The van der Waals surface area contributed by atoms with Crippen LogP contribution in [0.4, 0.5) is 0 Å². The zero-order valence-electron chi connectivity index (χ0n) is 11.7. The number of benzene rings is 1. The summed E-state index contributed by atoms with van der Waals surface area (Å²) < 4.78 is 0.999. The number of halogens is 1. The molecule has 0 fully saturated rings. The summed E-state index contributed by atoms with van der Waals surface area (Å²) in [4.78, 5) is 11.6. The van der Waals surface area contributed by atoms with Crippen molar-refractivity contribution < 1.29 is 4.79 Å². The number of thiocarbonyl (C=S) groups is 1. The van der Waals surface area contributed by atoms with E-state index in [0.717, 1.165) is 10.0 Å². The first-order valence-corrected chi connectivity index (χ1v) is 7.28. The van der Waals surface area contributed by atoms with E-state index < -0.39 is 0 Å². The van der Waals surface area contributed by atoms with E-state index in [1.165, 1.54) is 6.08 Å². The first-order chi connectivity index (χ1) is 9.26. The highest BCUT2D eigenvalue weighted by Crippen LogP contribution is 2.11. The number of amides is 1. The van der Waals surface area contributed by atoms with Crippen molar-refractivity contribution in [1.29, 1.82) is 0 Å². The molecule has 0 aliphatic rings. The number of hydrogen-bond donors (Lipinski definition) is 3. The number of nitrogens with one attached hydrogen (secondary N) is 3. The van der Waals surface area contributed by atoms with Crippen molar-refractivity contribution in [3.63, 3.8) is 0 Å². The molecule has 0 bridgehead atoms. The number of hydrazine groups is 1. The van der Waals surface area contributed by atoms with Gasteiger partial charge in [-0.05, 0) is 56.8 Å². The van der Waals surface area contributed by atoms with Crippen molar-refractivity contribution >= 4 is 45.2 Å². The zero-order valence-corrected chi connectivity index (χ0v) is 14.1. The molecule has 3 N–H and O–H groups in total. The Balaban J connectivity index is 2.40. The van der Waals surface area contributed by atoms with Gasteiger partial charge in [-0.25, -0.2) is 0 Å². The summed E-state index contributed by atoms with van der Waals surface area (Å²) in [5, 5.41) is 3.41. The van der Waals surface area contributed by atoms with Gasteiger partial charge in [-0.15, -0.1) is 0 Å². The molecular formula is C14H18BrN3OS. The normalized spacial score (nSPS) is 11.2. The molecule has 0 atom stereocenters. The zero-order chi connectivity index (χ0) is 15.2. The molecule has 1 aromatic carbocycles. The maximum atomic E-state index is 11.6. The van der Waals surface area contributed by atoms with E-state index in [-0.39, 0.29) is 11.4 Å². The largest absolute Gasteiger partial charge is 0.357 e. The topological polar surface area (TPSA) is 53.2 Å². The Bertz CT molecular complexity index is 506. The van der Waals surface area contributed by atoms with Gasteiger partial charge in [0, 0.05) is 16.1 Å². The van der Waals surface area contributed by atoms with Gasteiger partial charge in [0.15, 0.2) is 5.11 Å². The highest BCUT2D eigenvalue weighted by molar-refractivity contribution is 9.10. The molecule has 0 spiro atoms. The van der Waals surface area contributed by atoms with Crippen molar-refractivity contribution in [3.05, 3.63) is 40.4 Å². The highest BCUT2D eigenvalue weighted by atomic mass is 79.9. The van der Waals surface area contributed by atoms with Crippen molar-refractivity contribution in [2.75, 3.05) is 0 Å². The lowest BCUT2D eigenvalue weighted by atomic mass is 10.1. The number of carbonyl (C=O) groups is 1. The number of carbonyl (C=O) groups excluding carboxylic acids is 1. The Kier molecular flexibility index (Phi) is 6.16. The second-order valence-electron chi connectivity index (χ2n) is 5.20. The number of hydrogen-bond acceptors (Lipinski definition) is 2. The minimum absolute atomic E-state index is 0.151. The molecule has 1 rings (SSSR count). The highest BCUT2D eigenvalue weighted by Gasteiger charge is 2.10. The van der Waals surface area contributed by atoms with Gasteiger partial charge in [-0.1, -0.05) is 28.1 Å². The molecule has 1 amide bonds. The smallest absolute Gasteiger partial charge is 0.262 e. The Morgan fingerprint density at radius 1 is 1.20 bits per heavy atom. The monoisotopic (exact) mass is 355 g/mol. The van der Waals surface area contributed by atoms with Crippen molar-refractivity contribution in [2.45, 2.75) is 26.3 Å². The van der Waals surface area contributed by atoms with Crippen LogP contribution in [0.2, 0.25) is 0 Å². The molecule has 20 heavy (non-hydrogen) atoms. The van der Waals surface area contributed by atoms with Crippen LogP contribution in [0.5, 0.6) is 0 Å². The van der Waals surface area contributed by atoms with Crippen molar-refractivity contribution in [2.24, 2.45) is 0 Å². The van der Waals surface area contributed by atoms with Gasteiger partial charge >= 0.3 is 0 Å². The summed E-state index contributed by atoms with van der Waals surface area (Å²) in [7, 11) is 0. The number of rotatable bonds is 2. The van der Waals surface area contributed by atoms with Gasteiger partial charge < -0.3 is 5.32 Å². The van der Waals surface area contributed by atoms with E-state index in [0.29, 0.717) is 5.11 Å². The van der Waals surface area contributed by atoms with E-state index in [9.17, 15) is 4.79 Å². The Morgan fingerprint density at radius 3 is 2.35 bits per heavy atom. The molecule has 0 heterocycles. The lowest BCUT2D eigenvalue weighted by Crippen LogP contribution is -2.51. The molecule has 0 saturated heterocycles. The maximum absolute atomic E-state index is 11.6. The average molecular weight is 356 g/mol. The van der Waals surface area contributed by atoms with Crippen LogP contribution in [-0.4, -0.2) is 16.6 Å². The van der Waals surface area contributed by atoms with Crippen molar-refractivity contribution in [3.8, 4) is 0 Å². The third-order valence-electron chi connectivity index (χ3n) is 2.08. The third kappa shape index (κ3) is 7.25. The van der Waals surface area contributed by atoms with Gasteiger partial charge in [0.05, 0.1) is 0 Å². The SMILES string of the molecule is CC(C)(C)NC(=S)NNC(=O)/C=C/c1ccc(Br)cc1. The predicted octanol–water partition coefficient (Wildman–Crippen LogP) is 2.76. The van der Waals surface area contributed by atoms with Gasteiger partial charge in [-0.2, -0.15) is 0 Å². The molecule has 4 nitrogen and oxygen atoms in total. The van der Waals surface area contributed by atoms with Crippen LogP contribution in [0.25, 0.3) is 6.08 Å². The predicted molar refractivity (Wildman–Crippen MR) is 89.9 cm³/mol. The van der Waals surface area contributed by atoms with E-state index in [1.807, 2.05) is 45.0 Å². The minimum Gasteiger partial charge on any atom is -0.357 e. The van der Waals surface area contributed by atoms with E-state index in [1.54, 1.807) is 6.08 Å². The second kappa shape index (κ2) is 7.40.